The van der Waals surface area contributed by atoms with Crippen LogP contribution in [0.1, 0.15) is 66.7 Å². The second-order valence-corrected chi connectivity index (χ2v) is 8.30. The van der Waals surface area contributed by atoms with Crippen LogP contribution in [0.25, 0.3) is 5.69 Å². The largest absolute Gasteiger partial charge is 0.434 e. The minimum Gasteiger partial charge on any atom is -0.321 e. The molecule has 1 aromatic heterocycles. The molecule has 1 amide bonds. The number of nitrogens with zero attached hydrogens (tertiary/aromatic N) is 2. The van der Waals surface area contributed by atoms with E-state index in [1.54, 1.807) is 0 Å². The molecule has 3 rings (SSSR count). The van der Waals surface area contributed by atoms with Gasteiger partial charge in [0.2, 0.25) is 0 Å². The normalized spacial score (nSPS) is 11.9. The van der Waals surface area contributed by atoms with Crippen LogP contribution in [0.15, 0.2) is 48.7 Å². The monoisotopic (exact) mass is 449 g/mol. The van der Waals surface area contributed by atoms with Crippen LogP contribution in [0.3, 0.4) is 0 Å². The third-order valence-electron chi connectivity index (χ3n) is 4.97. The number of nitrogens with one attached hydrogen (secondary N) is 1. The van der Waals surface area contributed by atoms with Crippen molar-refractivity contribution in [3.63, 3.8) is 0 Å². The van der Waals surface area contributed by atoms with E-state index in [4.69, 9.17) is 11.6 Å². The SMILES string of the molecule is CC(C)c1cccc(C(C)C)c1NC(=O)c1cnn(-c2ccc(Cl)cc2)c1C(F)(F)F. The standard InChI is InChI=1S/C23H23ClF3N3O/c1-13(2)17-6-5-7-18(14(3)4)20(17)29-22(31)19-12-28-30(21(19)23(25,26)27)16-10-8-15(24)9-11-16/h5-14H,1-4H3,(H,29,31). The Morgan fingerprint density at radius 3 is 2.03 bits per heavy atom. The average Bonchev–Trinajstić information content (AvgIpc) is 3.14. The molecule has 3 aromatic rings. The van der Waals surface area contributed by atoms with Crippen LogP contribution in [-0.4, -0.2) is 15.7 Å². The highest BCUT2D eigenvalue weighted by atomic mass is 35.5. The lowest BCUT2D eigenvalue weighted by molar-refractivity contribution is -0.143. The first-order valence-corrected chi connectivity index (χ1v) is 10.2. The summed E-state index contributed by atoms with van der Waals surface area (Å²) >= 11 is 5.84. The zero-order chi connectivity index (χ0) is 22.9. The van der Waals surface area contributed by atoms with Gasteiger partial charge in [0, 0.05) is 10.7 Å². The summed E-state index contributed by atoms with van der Waals surface area (Å²) in [4.78, 5) is 13.0. The van der Waals surface area contributed by atoms with Gasteiger partial charge in [0.1, 0.15) is 0 Å². The van der Waals surface area contributed by atoms with Gasteiger partial charge in [-0.15, -0.1) is 0 Å². The summed E-state index contributed by atoms with van der Waals surface area (Å²) in [6.45, 7) is 7.87. The average molecular weight is 450 g/mol. The molecule has 0 aliphatic rings. The molecular formula is C23H23ClF3N3O. The number of hydrogen-bond acceptors (Lipinski definition) is 2. The van der Waals surface area contributed by atoms with Crippen molar-refractivity contribution in [2.24, 2.45) is 0 Å². The van der Waals surface area contributed by atoms with Gasteiger partial charge in [-0.25, -0.2) is 4.68 Å². The highest BCUT2D eigenvalue weighted by molar-refractivity contribution is 6.30. The number of anilines is 1. The Morgan fingerprint density at radius 1 is 1.00 bits per heavy atom. The van der Waals surface area contributed by atoms with Crippen LogP contribution >= 0.6 is 11.6 Å². The smallest absolute Gasteiger partial charge is 0.321 e. The van der Waals surface area contributed by atoms with Crippen LogP contribution in [0, 0.1) is 0 Å². The maximum absolute atomic E-state index is 14.0. The molecule has 0 aliphatic heterocycles. The summed E-state index contributed by atoms with van der Waals surface area (Å²) in [6, 6.07) is 11.4. The lowest BCUT2D eigenvalue weighted by Crippen LogP contribution is -2.22. The molecule has 0 bridgehead atoms. The molecule has 1 heterocycles. The van der Waals surface area contributed by atoms with Gasteiger partial charge >= 0.3 is 6.18 Å². The highest BCUT2D eigenvalue weighted by Gasteiger charge is 2.40. The molecule has 4 nitrogen and oxygen atoms in total. The molecule has 0 radical (unpaired) electrons. The Labute approximate surface area is 184 Å². The van der Waals surface area contributed by atoms with Crippen molar-refractivity contribution in [1.82, 2.24) is 9.78 Å². The van der Waals surface area contributed by atoms with E-state index in [-0.39, 0.29) is 17.5 Å². The van der Waals surface area contributed by atoms with E-state index in [0.717, 1.165) is 17.3 Å². The summed E-state index contributed by atoms with van der Waals surface area (Å²) in [5, 5.41) is 6.97. The van der Waals surface area contributed by atoms with Crippen molar-refractivity contribution in [2.75, 3.05) is 5.32 Å². The fraction of sp³-hybridized carbons (Fsp3) is 0.304. The second-order valence-electron chi connectivity index (χ2n) is 7.87. The number of halogens is 4. The molecule has 164 valence electrons. The summed E-state index contributed by atoms with van der Waals surface area (Å²) < 4.78 is 42.6. The van der Waals surface area contributed by atoms with Gasteiger partial charge in [-0.2, -0.15) is 18.3 Å². The third kappa shape index (κ3) is 4.77. The van der Waals surface area contributed by atoms with E-state index in [9.17, 15) is 18.0 Å². The zero-order valence-electron chi connectivity index (χ0n) is 17.6. The Morgan fingerprint density at radius 2 is 1.55 bits per heavy atom. The first-order valence-electron chi connectivity index (χ1n) is 9.86. The molecule has 2 aromatic carbocycles. The maximum Gasteiger partial charge on any atom is 0.434 e. The van der Waals surface area contributed by atoms with E-state index < -0.39 is 23.3 Å². The van der Waals surface area contributed by atoms with Gasteiger partial charge in [-0.3, -0.25) is 4.79 Å². The van der Waals surface area contributed by atoms with Crippen molar-refractivity contribution >= 4 is 23.2 Å². The van der Waals surface area contributed by atoms with E-state index in [1.165, 1.54) is 24.3 Å². The Bertz CT molecular complexity index is 1060. The van der Waals surface area contributed by atoms with Crippen LogP contribution in [0.5, 0.6) is 0 Å². The quantitative estimate of drug-likeness (QED) is 0.454. The number of hydrogen-bond donors (Lipinski definition) is 1. The second kappa shape index (κ2) is 8.75. The first kappa shape index (κ1) is 22.9. The fourth-order valence-corrected chi connectivity index (χ4v) is 3.57. The van der Waals surface area contributed by atoms with Gasteiger partial charge in [-0.05, 0) is 47.2 Å². The number of para-hydroxylation sites is 1. The molecular weight excluding hydrogens is 427 g/mol. The molecule has 1 N–H and O–H groups in total. The zero-order valence-corrected chi connectivity index (χ0v) is 18.3. The first-order chi connectivity index (χ1) is 14.5. The summed E-state index contributed by atoms with van der Waals surface area (Å²) in [5.74, 6) is -0.705. The van der Waals surface area contributed by atoms with E-state index in [2.05, 4.69) is 10.4 Å². The summed E-state index contributed by atoms with van der Waals surface area (Å²) in [6.07, 6.45) is -3.85. The van der Waals surface area contributed by atoms with Crippen LogP contribution < -0.4 is 5.32 Å². The molecule has 8 heteroatoms. The molecule has 0 fully saturated rings. The van der Waals surface area contributed by atoms with Crippen LogP contribution in [0.4, 0.5) is 18.9 Å². The number of rotatable bonds is 5. The topological polar surface area (TPSA) is 46.9 Å². The third-order valence-corrected chi connectivity index (χ3v) is 5.22. The van der Waals surface area contributed by atoms with Gasteiger partial charge in [0.25, 0.3) is 5.91 Å². The maximum atomic E-state index is 14.0. The van der Waals surface area contributed by atoms with Crippen molar-refractivity contribution in [3.8, 4) is 5.69 Å². The number of carbonyl (C=O) groups is 1. The van der Waals surface area contributed by atoms with E-state index >= 15 is 0 Å². The molecule has 31 heavy (non-hydrogen) atoms. The van der Waals surface area contributed by atoms with Crippen LogP contribution in [-0.2, 0) is 6.18 Å². The van der Waals surface area contributed by atoms with Crippen molar-refractivity contribution in [2.45, 2.75) is 45.7 Å². The highest BCUT2D eigenvalue weighted by Crippen LogP contribution is 2.36. The predicted molar refractivity (Wildman–Crippen MR) is 116 cm³/mol. The number of amides is 1. The van der Waals surface area contributed by atoms with Gasteiger partial charge in [0.05, 0.1) is 17.4 Å². The lowest BCUT2D eigenvalue weighted by atomic mass is 9.92. The molecule has 0 saturated carbocycles. The van der Waals surface area contributed by atoms with Gasteiger partial charge in [0.15, 0.2) is 5.69 Å². The molecule has 0 unspecified atom stereocenters. The van der Waals surface area contributed by atoms with E-state index in [1.807, 2.05) is 45.9 Å². The molecule has 0 atom stereocenters. The summed E-state index contributed by atoms with van der Waals surface area (Å²) in [5.41, 5.74) is 0.735. The number of alkyl halides is 3. The van der Waals surface area contributed by atoms with Crippen molar-refractivity contribution in [3.05, 3.63) is 76.1 Å². The predicted octanol–water partition coefficient (Wildman–Crippen LogP) is 7.04. The van der Waals surface area contributed by atoms with Crippen molar-refractivity contribution in [1.29, 1.82) is 0 Å². The Balaban J connectivity index is 2.09. The molecule has 0 saturated heterocycles. The Hall–Kier alpha value is -2.80. The molecule has 0 aliphatic carbocycles. The lowest BCUT2D eigenvalue weighted by Gasteiger charge is -2.20. The van der Waals surface area contributed by atoms with E-state index in [0.29, 0.717) is 15.4 Å². The number of aromatic nitrogens is 2. The van der Waals surface area contributed by atoms with Gasteiger partial charge in [-0.1, -0.05) is 57.5 Å². The van der Waals surface area contributed by atoms with Crippen LogP contribution in [0.2, 0.25) is 5.02 Å². The summed E-state index contributed by atoms with van der Waals surface area (Å²) in [7, 11) is 0. The number of carbonyl (C=O) groups excluding carboxylic acids is 1. The molecule has 0 spiro atoms. The van der Waals surface area contributed by atoms with Gasteiger partial charge < -0.3 is 5.32 Å². The number of benzene rings is 2. The minimum atomic E-state index is -4.79. The fourth-order valence-electron chi connectivity index (χ4n) is 3.44. The van der Waals surface area contributed by atoms with Crippen molar-refractivity contribution < 1.29 is 18.0 Å². The Kier molecular flexibility index (Phi) is 6.46. The minimum absolute atomic E-state index is 0.0767.